The number of aryl methyl sites for hydroxylation is 1. The van der Waals surface area contributed by atoms with E-state index < -0.39 is 0 Å². The summed E-state index contributed by atoms with van der Waals surface area (Å²) in [6, 6.07) is 7.94. The smallest absolute Gasteiger partial charge is 0.246 e. The summed E-state index contributed by atoms with van der Waals surface area (Å²) in [6.45, 7) is 4.17. The summed E-state index contributed by atoms with van der Waals surface area (Å²) in [7, 11) is 1.86. The third-order valence-electron chi connectivity index (χ3n) is 4.15. The van der Waals surface area contributed by atoms with Crippen LogP contribution < -0.4 is 0 Å². The van der Waals surface area contributed by atoms with E-state index in [1.165, 1.54) is 5.56 Å². The Labute approximate surface area is 147 Å². The van der Waals surface area contributed by atoms with Gasteiger partial charge in [0.05, 0.1) is 6.20 Å². The van der Waals surface area contributed by atoms with Gasteiger partial charge in [0.25, 0.3) is 0 Å². The summed E-state index contributed by atoms with van der Waals surface area (Å²) in [5, 5.41) is 4.85. The number of carbonyl (C=O) groups is 1. The Morgan fingerprint density at radius 1 is 1.21 bits per heavy atom. The number of carbonyl (C=O) groups excluding carboxylic acids is 1. The minimum absolute atomic E-state index is 0.0602. The van der Waals surface area contributed by atoms with Crippen molar-refractivity contribution in [3.63, 3.8) is 0 Å². The highest BCUT2D eigenvalue weighted by Crippen LogP contribution is 2.13. The van der Waals surface area contributed by atoms with Crippen molar-refractivity contribution >= 4 is 23.6 Å². The molecule has 3 rings (SSSR count). The van der Waals surface area contributed by atoms with E-state index in [4.69, 9.17) is 11.6 Å². The largest absolute Gasteiger partial charge is 0.337 e. The van der Waals surface area contributed by atoms with Crippen LogP contribution >= 0.6 is 11.6 Å². The Hall–Kier alpha value is -2.11. The Morgan fingerprint density at radius 3 is 2.54 bits per heavy atom. The van der Waals surface area contributed by atoms with Gasteiger partial charge in [0, 0.05) is 62.6 Å². The number of rotatable bonds is 4. The first-order chi connectivity index (χ1) is 11.6. The summed E-state index contributed by atoms with van der Waals surface area (Å²) < 4.78 is 1.72. The highest BCUT2D eigenvalue weighted by Gasteiger charge is 2.19. The van der Waals surface area contributed by atoms with E-state index in [2.05, 4.69) is 22.1 Å². The molecule has 126 valence electrons. The van der Waals surface area contributed by atoms with Gasteiger partial charge in [0.2, 0.25) is 5.91 Å². The van der Waals surface area contributed by atoms with Crippen molar-refractivity contribution in [2.24, 2.45) is 7.05 Å². The maximum atomic E-state index is 12.3. The summed E-state index contributed by atoms with van der Waals surface area (Å²) in [4.78, 5) is 16.5. The zero-order chi connectivity index (χ0) is 16.9. The zero-order valence-electron chi connectivity index (χ0n) is 13.7. The lowest BCUT2D eigenvalue weighted by atomic mass is 10.2. The lowest BCUT2D eigenvalue weighted by Crippen LogP contribution is -2.47. The normalized spacial score (nSPS) is 16.0. The van der Waals surface area contributed by atoms with Crippen molar-refractivity contribution in [1.29, 1.82) is 0 Å². The standard InChI is InChI=1S/C18H21ClN4O/c1-21-13-16(12-20-21)4-7-18(24)23-10-8-22(9-11-23)14-15-2-5-17(19)6-3-15/h2-7,12-13H,8-11,14H2,1H3/b7-4+. The van der Waals surface area contributed by atoms with Gasteiger partial charge in [0.1, 0.15) is 0 Å². The average Bonchev–Trinajstić information content (AvgIpc) is 3.01. The van der Waals surface area contributed by atoms with Crippen LogP contribution in [0.1, 0.15) is 11.1 Å². The zero-order valence-corrected chi connectivity index (χ0v) is 14.5. The fourth-order valence-corrected chi connectivity index (χ4v) is 2.90. The number of amides is 1. The van der Waals surface area contributed by atoms with Crippen LogP contribution in [0.15, 0.2) is 42.7 Å². The van der Waals surface area contributed by atoms with Gasteiger partial charge in [-0.3, -0.25) is 14.4 Å². The van der Waals surface area contributed by atoms with Gasteiger partial charge in [-0.1, -0.05) is 23.7 Å². The van der Waals surface area contributed by atoms with Gasteiger partial charge in [-0.2, -0.15) is 5.10 Å². The summed E-state index contributed by atoms with van der Waals surface area (Å²) in [5.41, 5.74) is 2.18. The molecule has 0 radical (unpaired) electrons. The van der Waals surface area contributed by atoms with E-state index in [9.17, 15) is 4.79 Å². The fraction of sp³-hybridized carbons (Fsp3) is 0.333. The number of hydrogen-bond donors (Lipinski definition) is 0. The lowest BCUT2D eigenvalue weighted by Gasteiger charge is -2.34. The number of piperazine rings is 1. The van der Waals surface area contributed by atoms with E-state index in [-0.39, 0.29) is 5.91 Å². The second-order valence-electron chi connectivity index (χ2n) is 6.01. The molecule has 0 atom stereocenters. The van der Waals surface area contributed by atoms with Crippen molar-refractivity contribution in [3.05, 3.63) is 58.9 Å². The van der Waals surface area contributed by atoms with Crippen molar-refractivity contribution in [2.75, 3.05) is 26.2 Å². The van der Waals surface area contributed by atoms with Crippen LogP contribution in [0.3, 0.4) is 0 Å². The van der Waals surface area contributed by atoms with Crippen LogP contribution in [0.4, 0.5) is 0 Å². The van der Waals surface area contributed by atoms with Crippen LogP contribution in [-0.2, 0) is 18.4 Å². The Morgan fingerprint density at radius 2 is 1.92 bits per heavy atom. The van der Waals surface area contributed by atoms with Crippen molar-refractivity contribution in [2.45, 2.75) is 6.54 Å². The minimum atomic E-state index is 0.0602. The molecule has 1 fully saturated rings. The predicted molar refractivity (Wildman–Crippen MR) is 95.6 cm³/mol. The van der Waals surface area contributed by atoms with Crippen LogP contribution in [-0.4, -0.2) is 51.7 Å². The highest BCUT2D eigenvalue weighted by atomic mass is 35.5. The molecule has 0 saturated carbocycles. The number of benzene rings is 1. The first kappa shape index (κ1) is 16.7. The molecule has 2 heterocycles. The van der Waals surface area contributed by atoms with Crippen molar-refractivity contribution in [3.8, 4) is 0 Å². The molecule has 6 heteroatoms. The molecule has 0 spiro atoms. The topological polar surface area (TPSA) is 41.4 Å². The first-order valence-electron chi connectivity index (χ1n) is 8.02. The number of halogens is 1. The third-order valence-corrected chi connectivity index (χ3v) is 4.40. The molecule has 1 aromatic heterocycles. The van der Waals surface area contributed by atoms with Crippen LogP contribution in [0, 0.1) is 0 Å². The van der Waals surface area contributed by atoms with E-state index >= 15 is 0 Å². The lowest BCUT2D eigenvalue weighted by molar-refractivity contribution is -0.127. The van der Waals surface area contributed by atoms with Gasteiger partial charge < -0.3 is 4.90 Å². The molecule has 1 aliphatic heterocycles. The maximum Gasteiger partial charge on any atom is 0.246 e. The summed E-state index contributed by atoms with van der Waals surface area (Å²) in [5.74, 6) is 0.0602. The molecule has 1 amide bonds. The van der Waals surface area contributed by atoms with Crippen LogP contribution in [0.2, 0.25) is 5.02 Å². The third kappa shape index (κ3) is 4.46. The molecule has 1 aromatic carbocycles. The van der Waals surface area contributed by atoms with Gasteiger partial charge >= 0.3 is 0 Å². The average molecular weight is 345 g/mol. The Kier molecular flexibility index (Phi) is 5.33. The SMILES string of the molecule is Cn1cc(/C=C/C(=O)N2CCN(Cc3ccc(Cl)cc3)CC2)cn1. The fourth-order valence-electron chi connectivity index (χ4n) is 2.77. The Bertz CT molecular complexity index is 715. The van der Waals surface area contributed by atoms with Gasteiger partial charge in [-0.05, 0) is 23.8 Å². The quantitative estimate of drug-likeness (QED) is 0.800. The first-order valence-corrected chi connectivity index (χ1v) is 8.40. The van der Waals surface area contributed by atoms with E-state index in [1.54, 1.807) is 17.0 Å². The molecular weight excluding hydrogens is 324 g/mol. The molecule has 0 bridgehead atoms. The molecule has 1 saturated heterocycles. The predicted octanol–water partition coefficient (Wildman–Crippen LogP) is 2.43. The maximum absolute atomic E-state index is 12.3. The second-order valence-corrected chi connectivity index (χ2v) is 6.45. The van der Waals surface area contributed by atoms with Gasteiger partial charge in [-0.15, -0.1) is 0 Å². The Balaban J connectivity index is 1.48. The van der Waals surface area contributed by atoms with Crippen molar-refractivity contribution < 1.29 is 4.79 Å². The van der Waals surface area contributed by atoms with Crippen LogP contribution in [0.25, 0.3) is 6.08 Å². The highest BCUT2D eigenvalue weighted by molar-refractivity contribution is 6.30. The monoisotopic (exact) mass is 344 g/mol. The minimum Gasteiger partial charge on any atom is -0.337 e. The van der Waals surface area contributed by atoms with Crippen LogP contribution in [0.5, 0.6) is 0 Å². The molecule has 2 aromatic rings. The second kappa shape index (κ2) is 7.64. The molecule has 24 heavy (non-hydrogen) atoms. The molecule has 5 nitrogen and oxygen atoms in total. The van der Waals surface area contributed by atoms with E-state index in [1.807, 2.05) is 36.4 Å². The van der Waals surface area contributed by atoms with Gasteiger partial charge in [0.15, 0.2) is 0 Å². The molecule has 0 aliphatic carbocycles. The molecule has 0 unspecified atom stereocenters. The van der Waals surface area contributed by atoms with Gasteiger partial charge in [-0.25, -0.2) is 0 Å². The summed E-state index contributed by atoms with van der Waals surface area (Å²) in [6.07, 6.45) is 7.07. The number of hydrogen-bond acceptors (Lipinski definition) is 3. The molecule has 1 aliphatic rings. The van der Waals surface area contributed by atoms with Crippen molar-refractivity contribution in [1.82, 2.24) is 19.6 Å². The molecule has 0 N–H and O–H groups in total. The van der Waals surface area contributed by atoms with E-state index in [0.717, 1.165) is 43.3 Å². The molecular formula is C18H21ClN4O. The number of nitrogens with zero attached hydrogens (tertiary/aromatic N) is 4. The number of aromatic nitrogens is 2. The van der Waals surface area contributed by atoms with E-state index in [0.29, 0.717) is 0 Å². The summed E-state index contributed by atoms with van der Waals surface area (Å²) >= 11 is 5.91.